The van der Waals surface area contributed by atoms with E-state index in [1.54, 1.807) is 24.8 Å². The molecule has 118 valence electrons. The zero-order valence-electron chi connectivity index (χ0n) is 12.5. The molecule has 1 aliphatic heterocycles. The Balaban J connectivity index is 2.33. The Kier molecular flexibility index (Phi) is 5.91. The molecule has 0 bridgehead atoms. The van der Waals surface area contributed by atoms with Crippen LogP contribution in [0.5, 0.6) is 0 Å². The van der Waals surface area contributed by atoms with Crippen LogP contribution in [0.3, 0.4) is 0 Å². The fourth-order valence-electron chi connectivity index (χ4n) is 2.49. The third kappa shape index (κ3) is 3.84. The number of benzene rings is 1. The van der Waals surface area contributed by atoms with E-state index >= 15 is 0 Å². The maximum absolute atomic E-state index is 12.4. The number of nitrogens with one attached hydrogen (secondary N) is 1. The molecular formula is C16H18ClNO3S. The van der Waals surface area contributed by atoms with Gasteiger partial charge in [-0.1, -0.05) is 29.8 Å². The molecule has 0 aliphatic carbocycles. The predicted octanol–water partition coefficient (Wildman–Crippen LogP) is 3.12. The van der Waals surface area contributed by atoms with Crippen molar-refractivity contribution in [1.82, 2.24) is 5.32 Å². The normalized spacial score (nSPS) is 18.1. The van der Waals surface area contributed by atoms with Crippen LogP contribution < -0.4 is 5.32 Å². The van der Waals surface area contributed by atoms with Gasteiger partial charge in [0.25, 0.3) is 0 Å². The molecule has 1 aliphatic rings. The minimum atomic E-state index is -0.392. The number of thioether (sulfide) groups is 1. The molecule has 0 fully saturated rings. The molecule has 1 aromatic rings. The standard InChI is InChI=1S/C16H18ClNO3S/c1-10-15(16(20)21-7-8-22-2)12(9-14(19)18-10)11-5-3-4-6-13(11)17/h3-6,12H,7-9H2,1-2H3,(H,18,19)/t12-/m0/s1. The van der Waals surface area contributed by atoms with Crippen LogP contribution >= 0.6 is 23.4 Å². The second-order valence-electron chi connectivity index (χ2n) is 4.99. The van der Waals surface area contributed by atoms with E-state index in [0.717, 1.165) is 11.3 Å². The van der Waals surface area contributed by atoms with Crippen molar-refractivity contribution < 1.29 is 14.3 Å². The molecule has 1 atom stereocenters. The Hall–Kier alpha value is -1.46. The molecule has 0 saturated heterocycles. The fraction of sp³-hybridized carbons (Fsp3) is 0.375. The maximum Gasteiger partial charge on any atom is 0.336 e. The molecule has 0 unspecified atom stereocenters. The monoisotopic (exact) mass is 339 g/mol. The lowest BCUT2D eigenvalue weighted by molar-refractivity contribution is -0.139. The van der Waals surface area contributed by atoms with Gasteiger partial charge >= 0.3 is 5.97 Å². The number of hydrogen-bond acceptors (Lipinski definition) is 4. The van der Waals surface area contributed by atoms with Crippen molar-refractivity contribution in [3.05, 3.63) is 46.1 Å². The number of halogens is 1. The number of esters is 1. The molecule has 1 heterocycles. The Morgan fingerprint density at radius 2 is 2.18 bits per heavy atom. The van der Waals surface area contributed by atoms with Crippen LogP contribution in [0, 0.1) is 0 Å². The summed E-state index contributed by atoms with van der Waals surface area (Å²) in [7, 11) is 0. The zero-order chi connectivity index (χ0) is 16.1. The van der Waals surface area contributed by atoms with Crippen molar-refractivity contribution >= 4 is 35.2 Å². The van der Waals surface area contributed by atoms with E-state index in [2.05, 4.69) is 5.32 Å². The summed E-state index contributed by atoms with van der Waals surface area (Å²) in [6.07, 6.45) is 2.14. The highest BCUT2D eigenvalue weighted by molar-refractivity contribution is 7.98. The van der Waals surface area contributed by atoms with Crippen LogP contribution in [0.25, 0.3) is 0 Å². The molecule has 4 nitrogen and oxygen atoms in total. The van der Waals surface area contributed by atoms with E-state index in [4.69, 9.17) is 16.3 Å². The second kappa shape index (κ2) is 7.70. The van der Waals surface area contributed by atoms with E-state index < -0.39 is 5.97 Å². The third-order valence-electron chi connectivity index (χ3n) is 3.49. The van der Waals surface area contributed by atoms with E-state index in [1.165, 1.54) is 0 Å². The first kappa shape index (κ1) is 16.9. The molecule has 22 heavy (non-hydrogen) atoms. The van der Waals surface area contributed by atoms with Crippen LogP contribution in [-0.2, 0) is 14.3 Å². The Morgan fingerprint density at radius 1 is 1.45 bits per heavy atom. The summed E-state index contributed by atoms with van der Waals surface area (Å²) in [5.74, 6) is -0.148. The smallest absolute Gasteiger partial charge is 0.336 e. The second-order valence-corrected chi connectivity index (χ2v) is 6.39. The van der Waals surface area contributed by atoms with Gasteiger partial charge in [0.2, 0.25) is 5.91 Å². The zero-order valence-corrected chi connectivity index (χ0v) is 14.1. The first-order chi connectivity index (χ1) is 10.5. The molecule has 0 spiro atoms. The average Bonchev–Trinajstić information content (AvgIpc) is 2.47. The van der Waals surface area contributed by atoms with Gasteiger partial charge in [-0.25, -0.2) is 4.79 Å². The lowest BCUT2D eigenvalue weighted by Gasteiger charge is -2.27. The van der Waals surface area contributed by atoms with Gasteiger partial charge in [0.15, 0.2) is 0 Å². The topological polar surface area (TPSA) is 55.4 Å². The van der Waals surface area contributed by atoms with Crippen molar-refractivity contribution in [3.8, 4) is 0 Å². The van der Waals surface area contributed by atoms with Crippen LogP contribution in [0.1, 0.15) is 24.8 Å². The number of carbonyl (C=O) groups excluding carboxylic acids is 2. The van der Waals surface area contributed by atoms with Gasteiger partial charge < -0.3 is 10.1 Å². The van der Waals surface area contributed by atoms with E-state index in [0.29, 0.717) is 22.9 Å². The first-order valence-electron chi connectivity index (χ1n) is 6.95. The summed E-state index contributed by atoms with van der Waals surface area (Å²) >= 11 is 7.85. The SMILES string of the molecule is CSCCOC(=O)C1=C(C)NC(=O)C[C@H]1c1ccccc1Cl. The van der Waals surface area contributed by atoms with Gasteiger partial charge in [0, 0.05) is 28.8 Å². The molecule has 0 radical (unpaired) electrons. The quantitative estimate of drug-likeness (QED) is 0.661. The van der Waals surface area contributed by atoms with Crippen LogP contribution in [0.2, 0.25) is 5.02 Å². The molecular weight excluding hydrogens is 322 g/mol. The summed E-state index contributed by atoms with van der Waals surface area (Å²) < 4.78 is 5.31. The molecule has 6 heteroatoms. The highest BCUT2D eigenvalue weighted by Gasteiger charge is 2.33. The molecule has 1 aromatic carbocycles. The lowest BCUT2D eigenvalue weighted by atomic mass is 9.84. The summed E-state index contributed by atoms with van der Waals surface area (Å²) in [4.78, 5) is 24.3. The molecule has 1 amide bonds. The van der Waals surface area contributed by atoms with Crippen molar-refractivity contribution in [3.63, 3.8) is 0 Å². The van der Waals surface area contributed by atoms with Crippen molar-refractivity contribution in [2.75, 3.05) is 18.6 Å². The van der Waals surface area contributed by atoms with E-state index in [9.17, 15) is 9.59 Å². The average molecular weight is 340 g/mol. The van der Waals surface area contributed by atoms with Crippen molar-refractivity contribution in [1.29, 1.82) is 0 Å². The molecule has 2 rings (SSSR count). The Labute approximate surface area is 139 Å². The number of hydrogen-bond donors (Lipinski definition) is 1. The van der Waals surface area contributed by atoms with Gasteiger partial charge in [0.1, 0.15) is 6.61 Å². The van der Waals surface area contributed by atoms with E-state index in [1.807, 2.05) is 24.5 Å². The Morgan fingerprint density at radius 3 is 2.86 bits per heavy atom. The van der Waals surface area contributed by atoms with Crippen LogP contribution in [-0.4, -0.2) is 30.5 Å². The lowest BCUT2D eigenvalue weighted by Crippen LogP contribution is -2.34. The van der Waals surface area contributed by atoms with Crippen molar-refractivity contribution in [2.45, 2.75) is 19.3 Å². The molecule has 0 saturated carbocycles. The third-order valence-corrected chi connectivity index (χ3v) is 4.41. The number of rotatable bonds is 5. The predicted molar refractivity (Wildman–Crippen MR) is 89.0 cm³/mol. The van der Waals surface area contributed by atoms with Gasteiger partial charge in [-0.3, -0.25) is 4.79 Å². The minimum absolute atomic E-state index is 0.122. The number of ether oxygens (including phenoxy) is 1. The Bertz CT molecular complexity index is 615. The van der Waals surface area contributed by atoms with Crippen LogP contribution in [0.15, 0.2) is 35.5 Å². The largest absolute Gasteiger partial charge is 0.461 e. The van der Waals surface area contributed by atoms with Crippen LogP contribution in [0.4, 0.5) is 0 Å². The number of carbonyl (C=O) groups is 2. The minimum Gasteiger partial charge on any atom is -0.461 e. The molecule has 1 N–H and O–H groups in total. The summed E-state index contributed by atoms with van der Waals surface area (Å²) in [6, 6.07) is 7.27. The summed E-state index contributed by atoms with van der Waals surface area (Å²) in [5, 5.41) is 3.26. The van der Waals surface area contributed by atoms with Gasteiger partial charge in [-0.2, -0.15) is 11.8 Å². The van der Waals surface area contributed by atoms with Gasteiger partial charge in [-0.15, -0.1) is 0 Å². The number of amides is 1. The number of allylic oxidation sites excluding steroid dienone is 1. The van der Waals surface area contributed by atoms with Gasteiger partial charge in [-0.05, 0) is 24.8 Å². The van der Waals surface area contributed by atoms with E-state index in [-0.39, 0.29) is 18.2 Å². The molecule has 0 aromatic heterocycles. The summed E-state index contributed by atoms with van der Waals surface area (Å²) in [6.45, 7) is 2.06. The first-order valence-corrected chi connectivity index (χ1v) is 8.73. The maximum atomic E-state index is 12.4. The summed E-state index contributed by atoms with van der Waals surface area (Å²) in [5.41, 5.74) is 1.79. The van der Waals surface area contributed by atoms with Crippen molar-refractivity contribution in [2.24, 2.45) is 0 Å². The highest BCUT2D eigenvalue weighted by Crippen LogP contribution is 2.36. The van der Waals surface area contributed by atoms with Gasteiger partial charge in [0.05, 0.1) is 5.57 Å². The highest BCUT2D eigenvalue weighted by atomic mass is 35.5. The fourth-order valence-corrected chi connectivity index (χ4v) is 3.01.